The summed E-state index contributed by atoms with van der Waals surface area (Å²) in [6, 6.07) is 9.40. The molecule has 0 saturated carbocycles. The number of nitrogens with one attached hydrogen (secondary N) is 2. The molecule has 1 heterocycles. The Labute approximate surface area is 138 Å². The number of benzene rings is 1. The Hall–Kier alpha value is -1.88. The lowest BCUT2D eigenvalue weighted by atomic mass is 10.1. The van der Waals surface area contributed by atoms with Crippen LogP contribution in [-0.2, 0) is 16.0 Å². The minimum Gasteiger partial charge on any atom is -0.344 e. The summed E-state index contributed by atoms with van der Waals surface area (Å²) in [5.41, 5.74) is 0.959. The lowest BCUT2D eigenvalue weighted by Gasteiger charge is -2.28. The third-order valence-electron chi connectivity index (χ3n) is 4.35. The van der Waals surface area contributed by atoms with Crippen molar-refractivity contribution in [1.82, 2.24) is 15.5 Å². The SMILES string of the molecule is CCCC(NC(=O)Cc1ccccc1)C(=O)N(C)C1CCNC1. The van der Waals surface area contributed by atoms with Gasteiger partial charge in [0.1, 0.15) is 6.04 Å². The van der Waals surface area contributed by atoms with Crippen molar-refractivity contribution < 1.29 is 9.59 Å². The van der Waals surface area contributed by atoms with Gasteiger partial charge in [-0.1, -0.05) is 43.7 Å². The smallest absolute Gasteiger partial charge is 0.245 e. The zero-order valence-corrected chi connectivity index (χ0v) is 14.0. The van der Waals surface area contributed by atoms with E-state index in [1.54, 1.807) is 4.90 Å². The maximum Gasteiger partial charge on any atom is 0.245 e. The first-order valence-electron chi connectivity index (χ1n) is 8.42. The first-order valence-corrected chi connectivity index (χ1v) is 8.42. The van der Waals surface area contributed by atoms with E-state index in [0.717, 1.165) is 31.5 Å². The molecule has 1 aromatic rings. The topological polar surface area (TPSA) is 61.4 Å². The predicted molar refractivity (Wildman–Crippen MR) is 91.0 cm³/mol. The fourth-order valence-electron chi connectivity index (χ4n) is 2.97. The molecule has 2 rings (SSSR count). The van der Waals surface area contributed by atoms with Gasteiger partial charge in [-0.05, 0) is 24.9 Å². The summed E-state index contributed by atoms with van der Waals surface area (Å²) in [6.45, 7) is 3.81. The minimum absolute atomic E-state index is 0.0157. The summed E-state index contributed by atoms with van der Waals surface area (Å²) in [4.78, 5) is 26.7. The fourth-order valence-corrected chi connectivity index (χ4v) is 2.97. The van der Waals surface area contributed by atoms with Crippen LogP contribution >= 0.6 is 0 Å². The molecule has 5 heteroatoms. The van der Waals surface area contributed by atoms with Gasteiger partial charge >= 0.3 is 0 Å². The minimum atomic E-state index is -0.429. The van der Waals surface area contributed by atoms with Crippen LogP contribution in [-0.4, -0.2) is 48.9 Å². The van der Waals surface area contributed by atoms with Gasteiger partial charge in [-0.25, -0.2) is 0 Å². The highest BCUT2D eigenvalue weighted by Crippen LogP contribution is 2.10. The molecule has 23 heavy (non-hydrogen) atoms. The Bertz CT molecular complexity index is 512. The lowest BCUT2D eigenvalue weighted by molar-refractivity contribution is -0.137. The van der Waals surface area contributed by atoms with Gasteiger partial charge in [-0.15, -0.1) is 0 Å². The van der Waals surface area contributed by atoms with E-state index >= 15 is 0 Å². The molecule has 1 aromatic carbocycles. The molecule has 1 aliphatic rings. The number of rotatable bonds is 7. The first-order chi connectivity index (χ1) is 11.1. The predicted octanol–water partition coefficient (Wildman–Crippen LogP) is 1.33. The van der Waals surface area contributed by atoms with Crippen molar-refractivity contribution in [3.8, 4) is 0 Å². The second-order valence-corrected chi connectivity index (χ2v) is 6.17. The zero-order valence-electron chi connectivity index (χ0n) is 14.0. The first kappa shape index (κ1) is 17.5. The van der Waals surface area contributed by atoms with Crippen molar-refractivity contribution in [2.75, 3.05) is 20.1 Å². The molecule has 5 nitrogen and oxygen atoms in total. The molecule has 0 aromatic heterocycles. The third-order valence-corrected chi connectivity index (χ3v) is 4.35. The van der Waals surface area contributed by atoms with Crippen LogP contribution in [0.5, 0.6) is 0 Å². The van der Waals surface area contributed by atoms with Crippen molar-refractivity contribution in [2.45, 2.75) is 44.7 Å². The number of nitrogens with zero attached hydrogens (tertiary/aromatic N) is 1. The van der Waals surface area contributed by atoms with Gasteiger partial charge in [0.2, 0.25) is 11.8 Å². The Balaban J connectivity index is 1.94. The fraction of sp³-hybridized carbons (Fsp3) is 0.556. The second kappa shape index (κ2) is 8.67. The van der Waals surface area contributed by atoms with Crippen molar-refractivity contribution in [1.29, 1.82) is 0 Å². The number of hydrogen-bond donors (Lipinski definition) is 2. The molecular weight excluding hydrogens is 290 g/mol. The molecule has 126 valence electrons. The highest BCUT2D eigenvalue weighted by molar-refractivity contribution is 5.88. The van der Waals surface area contributed by atoms with Crippen molar-refractivity contribution >= 4 is 11.8 Å². The Morgan fingerprint density at radius 1 is 1.35 bits per heavy atom. The van der Waals surface area contributed by atoms with Gasteiger partial charge in [0, 0.05) is 19.6 Å². The maximum atomic E-state index is 12.7. The van der Waals surface area contributed by atoms with E-state index in [4.69, 9.17) is 0 Å². The largest absolute Gasteiger partial charge is 0.344 e. The van der Waals surface area contributed by atoms with Gasteiger partial charge in [-0.2, -0.15) is 0 Å². The number of carbonyl (C=O) groups excluding carboxylic acids is 2. The molecule has 1 saturated heterocycles. The zero-order chi connectivity index (χ0) is 16.7. The van der Waals surface area contributed by atoms with Crippen LogP contribution in [0.3, 0.4) is 0 Å². The molecule has 0 aliphatic carbocycles. The summed E-state index contributed by atoms with van der Waals surface area (Å²) in [6.07, 6.45) is 2.81. The van der Waals surface area contributed by atoms with E-state index < -0.39 is 6.04 Å². The number of hydrogen-bond acceptors (Lipinski definition) is 3. The van der Waals surface area contributed by atoms with Gasteiger partial charge in [0.25, 0.3) is 0 Å². The molecule has 0 bridgehead atoms. The van der Waals surface area contributed by atoms with Crippen LogP contribution in [0.1, 0.15) is 31.7 Å². The third kappa shape index (κ3) is 5.06. The Morgan fingerprint density at radius 3 is 2.70 bits per heavy atom. The van der Waals surface area contributed by atoms with Crippen molar-refractivity contribution in [3.63, 3.8) is 0 Å². The quantitative estimate of drug-likeness (QED) is 0.798. The highest BCUT2D eigenvalue weighted by Gasteiger charge is 2.29. The van der Waals surface area contributed by atoms with Crippen LogP contribution in [0.4, 0.5) is 0 Å². The van der Waals surface area contributed by atoms with E-state index in [-0.39, 0.29) is 17.9 Å². The molecule has 2 unspecified atom stereocenters. The van der Waals surface area contributed by atoms with E-state index in [1.807, 2.05) is 44.3 Å². The van der Waals surface area contributed by atoms with Gasteiger partial charge in [0.15, 0.2) is 0 Å². The second-order valence-electron chi connectivity index (χ2n) is 6.17. The summed E-state index contributed by atoms with van der Waals surface area (Å²) < 4.78 is 0. The lowest BCUT2D eigenvalue weighted by Crippen LogP contribution is -2.51. The number of carbonyl (C=O) groups is 2. The Kier molecular flexibility index (Phi) is 6.59. The highest BCUT2D eigenvalue weighted by atomic mass is 16.2. The average molecular weight is 317 g/mol. The molecule has 2 amide bonds. The summed E-state index contributed by atoms with van der Waals surface area (Å²) in [5.74, 6) is -0.0806. The molecule has 2 atom stereocenters. The molecule has 0 radical (unpaired) electrons. The van der Waals surface area contributed by atoms with E-state index in [2.05, 4.69) is 10.6 Å². The number of amides is 2. The van der Waals surface area contributed by atoms with Crippen LogP contribution < -0.4 is 10.6 Å². The molecule has 1 fully saturated rings. The van der Waals surface area contributed by atoms with Gasteiger partial charge in [0.05, 0.1) is 6.42 Å². The summed E-state index contributed by atoms with van der Waals surface area (Å²) >= 11 is 0. The molecule has 0 spiro atoms. The molecule has 2 N–H and O–H groups in total. The van der Waals surface area contributed by atoms with Gasteiger partial charge in [-0.3, -0.25) is 9.59 Å². The van der Waals surface area contributed by atoms with Crippen LogP contribution in [0.25, 0.3) is 0 Å². The number of likely N-dealkylation sites (N-methyl/N-ethyl adjacent to an activating group) is 1. The van der Waals surface area contributed by atoms with Crippen molar-refractivity contribution in [3.05, 3.63) is 35.9 Å². The summed E-state index contributed by atoms with van der Waals surface area (Å²) in [5, 5.41) is 6.19. The maximum absolute atomic E-state index is 12.7. The molecular formula is C18H27N3O2. The van der Waals surface area contributed by atoms with E-state index in [0.29, 0.717) is 12.8 Å². The standard InChI is InChI=1S/C18H27N3O2/c1-3-7-16(18(23)21(2)15-10-11-19-13-15)20-17(22)12-14-8-5-4-6-9-14/h4-6,8-9,15-16,19H,3,7,10-13H2,1-2H3,(H,20,22). The van der Waals surface area contributed by atoms with Crippen LogP contribution in [0.15, 0.2) is 30.3 Å². The normalized spacial score (nSPS) is 18.4. The van der Waals surface area contributed by atoms with E-state index in [9.17, 15) is 9.59 Å². The van der Waals surface area contributed by atoms with Crippen LogP contribution in [0.2, 0.25) is 0 Å². The van der Waals surface area contributed by atoms with Crippen LogP contribution in [0, 0.1) is 0 Å². The molecule has 1 aliphatic heterocycles. The van der Waals surface area contributed by atoms with Crippen molar-refractivity contribution in [2.24, 2.45) is 0 Å². The Morgan fingerprint density at radius 2 is 2.09 bits per heavy atom. The summed E-state index contributed by atoms with van der Waals surface area (Å²) in [7, 11) is 1.84. The van der Waals surface area contributed by atoms with Gasteiger partial charge < -0.3 is 15.5 Å². The average Bonchev–Trinajstić information content (AvgIpc) is 3.08. The monoisotopic (exact) mass is 317 g/mol. The van der Waals surface area contributed by atoms with E-state index in [1.165, 1.54) is 0 Å².